The monoisotopic (exact) mass is 434 g/mol. The number of aromatic nitrogens is 1. The summed E-state index contributed by atoms with van der Waals surface area (Å²) < 4.78 is 5.45. The molecule has 2 aromatic carbocycles. The number of aryl methyl sites for hydroxylation is 1. The van der Waals surface area contributed by atoms with Crippen LogP contribution in [-0.2, 0) is 16.0 Å². The lowest BCUT2D eigenvalue weighted by atomic mass is 9.76. The van der Waals surface area contributed by atoms with Crippen LogP contribution in [0.3, 0.4) is 0 Å². The largest absolute Gasteiger partial charge is 0.369 e. The van der Waals surface area contributed by atoms with E-state index < -0.39 is 17.6 Å². The van der Waals surface area contributed by atoms with Crippen molar-refractivity contribution in [3.8, 4) is 11.1 Å². The summed E-state index contributed by atoms with van der Waals surface area (Å²) in [6.07, 6.45) is 1.30. The van der Waals surface area contributed by atoms with Crippen molar-refractivity contribution < 1.29 is 14.5 Å². The molecule has 0 spiro atoms. The summed E-state index contributed by atoms with van der Waals surface area (Å²) in [6, 6.07) is 18.3. The number of carbonyl (C=O) groups is 1. The minimum Gasteiger partial charge on any atom is -0.369 e. The van der Waals surface area contributed by atoms with Crippen molar-refractivity contribution in [3.63, 3.8) is 0 Å². The van der Waals surface area contributed by atoms with Crippen molar-refractivity contribution in [2.24, 2.45) is 5.41 Å². The Bertz CT molecular complexity index is 1050. The molecule has 2 unspecified atom stereocenters. The minimum absolute atomic E-state index is 0.0343. The number of aromatic amines is 1. The lowest BCUT2D eigenvalue weighted by Gasteiger charge is -2.29. The van der Waals surface area contributed by atoms with E-state index >= 15 is 0 Å². The van der Waals surface area contributed by atoms with E-state index in [4.69, 9.17) is 4.74 Å². The summed E-state index contributed by atoms with van der Waals surface area (Å²) in [4.78, 5) is 28.1. The number of benzene rings is 2. The second kappa shape index (κ2) is 9.92. The number of methoxy groups -OCH3 is 1. The molecule has 0 aliphatic rings. The SMILES string of the molecule is COC(C(=O)CC(C)(C)C(Cc1[nH]ccc1-c1ccc(C)cc1)[N+](=O)[O-])c1ccccc1. The van der Waals surface area contributed by atoms with Crippen LogP contribution in [0.25, 0.3) is 11.1 Å². The van der Waals surface area contributed by atoms with Gasteiger partial charge in [-0.25, -0.2) is 0 Å². The van der Waals surface area contributed by atoms with Gasteiger partial charge < -0.3 is 9.72 Å². The predicted molar refractivity (Wildman–Crippen MR) is 125 cm³/mol. The van der Waals surface area contributed by atoms with Crippen LogP contribution >= 0.6 is 0 Å². The third kappa shape index (κ3) is 5.32. The van der Waals surface area contributed by atoms with E-state index in [0.29, 0.717) is 0 Å². The van der Waals surface area contributed by atoms with Crippen LogP contribution in [0.2, 0.25) is 0 Å². The molecule has 0 saturated carbocycles. The van der Waals surface area contributed by atoms with Crippen molar-refractivity contribution >= 4 is 5.78 Å². The molecule has 0 aliphatic heterocycles. The normalized spacial score (nSPS) is 13.5. The zero-order chi connectivity index (χ0) is 23.3. The van der Waals surface area contributed by atoms with Gasteiger partial charge >= 0.3 is 0 Å². The van der Waals surface area contributed by atoms with Crippen molar-refractivity contribution in [2.45, 2.75) is 45.8 Å². The molecule has 0 radical (unpaired) electrons. The molecule has 6 nitrogen and oxygen atoms in total. The van der Waals surface area contributed by atoms with E-state index in [0.717, 1.165) is 27.9 Å². The van der Waals surface area contributed by atoms with Gasteiger partial charge in [-0.2, -0.15) is 0 Å². The highest BCUT2D eigenvalue weighted by Gasteiger charge is 2.42. The number of Topliss-reactive ketones (excluding diaryl/α,β-unsaturated/α-hetero) is 1. The van der Waals surface area contributed by atoms with Crippen LogP contribution in [-0.4, -0.2) is 28.8 Å². The molecule has 6 heteroatoms. The van der Waals surface area contributed by atoms with Crippen LogP contribution in [0.5, 0.6) is 0 Å². The molecule has 1 aromatic heterocycles. The molecule has 3 rings (SSSR count). The molecule has 0 aliphatic carbocycles. The molecule has 2 atom stereocenters. The number of carbonyl (C=O) groups excluding carboxylic acids is 1. The van der Waals surface area contributed by atoms with Crippen molar-refractivity contribution in [1.82, 2.24) is 4.98 Å². The number of H-pyrrole nitrogens is 1. The zero-order valence-electron chi connectivity index (χ0n) is 19.0. The third-order valence-corrected chi connectivity index (χ3v) is 6.01. The fraction of sp³-hybridized carbons (Fsp3) is 0.346. The van der Waals surface area contributed by atoms with Crippen LogP contribution in [0.1, 0.15) is 43.2 Å². The Morgan fingerprint density at radius 2 is 1.75 bits per heavy atom. The molecule has 0 saturated heterocycles. The van der Waals surface area contributed by atoms with Gasteiger partial charge in [-0.1, -0.05) is 74.0 Å². The van der Waals surface area contributed by atoms with Gasteiger partial charge in [-0.05, 0) is 24.1 Å². The Balaban J connectivity index is 1.82. The average molecular weight is 435 g/mol. The fourth-order valence-corrected chi connectivity index (χ4v) is 4.15. The molecular formula is C26H30N2O4. The van der Waals surface area contributed by atoms with Gasteiger partial charge in [-0.3, -0.25) is 14.9 Å². The quantitative estimate of drug-likeness (QED) is 0.335. The first-order valence-corrected chi connectivity index (χ1v) is 10.7. The van der Waals surface area contributed by atoms with E-state index in [-0.39, 0.29) is 23.5 Å². The van der Waals surface area contributed by atoms with Gasteiger partial charge in [-0.15, -0.1) is 0 Å². The Morgan fingerprint density at radius 1 is 1.09 bits per heavy atom. The number of ketones is 1. The maximum absolute atomic E-state index is 13.1. The summed E-state index contributed by atoms with van der Waals surface area (Å²) in [5.41, 5.74) is 3.77. The van der Waals surface area contributed by atoms with Crippen LogP contribution < -0.4 is 0 Å². The number of nitrogens with one attached hydrogen (secondary N) is 1. The van der Waals surface area contributed by atoms with Crippen LogP contribution in [0, 0.1) is 22.5 Å². The van der Waals surface area contributed by atoms with E-state index in [2.05, 4.69) is 4.98 Å². The number of rotatable bonds is 10. The van der Waals surface area contributed by atoms with E-state index in [1.807, 2.05) is 67.6 Å². The molecule has 0 amide bonds. The van der Waals surface area contributed by atoms with Crippen LogP contribution in [0.15, 0.2) is 66.9 Å². The standard InChI is InChI=1S/C26H30N2O4/c1-18-10-12-19(13-11-18)21-14-15-27-22(21)16-24(28(30)31)26(2,3)17-23(29)25(32-4)20-8-6-5-7-9-20/h5-15,24-25,27H,16-17H2,1-4H3. The Morgan fingerprint density at radius 3 is 2.34 bits per heavy atom. The first kappa shape index (κ1) is 23.4. The number of ether oxygens (including phenoxy) is 1. The minimum atomic E-state index is -0.942. The van der Waals surface area contributed by atoms with Crippen molar-refractivity contribution in [1.29, 1.82) is 0 Å². The summed E-state index contributed by atoms with van der Waals surface area (Å²) in [5, 5.41) is 12.1. The second-order valence-electron chi connectivity index (χ2n) is 8.90. The molecular weight excluding hydrogens is 404 g/mol. The highest BCUT2D eigenvalue weighted by molar-refractivity contribution is 5.85. The number of hydrogen-bond acceptors (Lipinski definition) is 4. The number of nitrogens with zero attached hydrogens (tertiary/aromatic N) is 1. The smallest absolute Gasteiger partial charge is 0.224 e. The molecule has 0 fully saturated rings. The third-order valence-electron chi connectivity index (χ3n) is 6.01. The fourth-order valence-electron chi connectivity index (χ4n) is 4.15. The Labute approximate surface area is 188 Å². The summed E-state index contributed by atoms with van der Waals surface area (Å²) >= 11 is 0. The lowest BCUT2D eigenvalue weighted by molar-refractivity contribution is -0.540. The van der Waals surface area contributed by atoms with Crippen molar-refractivity contribution in [3.05, 3.63) is 93.8 Å². The Kier molecular flexibility index (Phi) is 7.26. The van der Waals surface area contributed by atoms with Gasteiger partial charge in [0.2, 0.25) is 6.04 Å². The van der Waals surface area contributed by atoms with E-state index in [1.54, 1.807) is 20.0 Å². The van der Waals surface area contributed by atoms with Gasteiger partial charge in [0.05, 0.1) is 6.42 Å². The first-order valence-electron chi connectivity index (χ1n) is 10.7. The average Bonchev–Trinajstić information content (AvgIpc) is 3.21. The molecule has 168 valence electrons. The second-order valence-corrected chi connectivity index (χ2v) is 8.90. The summed E-state index contributed by atoms with van der Waals surface area (Å²) in [7, 11) is 1.49. The van der Waals surface area contributed by atoms with Gasteiger partial charge in [0.1, 0.15) is 6.10 Å². The van der Waals surface area contributed by atoms with Gasteiger partial charge in [0.25, 0.3) is 0 Å². The first-order chi connectivity index (χ1) is 15.2. The van der Waals surface area contributed by atoms with Crippen molar-refractivity contribution in [2.75, 3.05) is 7.11 Å². The number of nitro groups is 1. The zero-order valence-corrected chi connectivity index (χ0v) is 19.0. The maximum Gasteiger partial charge on any atom is 0.224 e. The van der Waals surface area contributed by atoms with E-state index in [9.17, 15) is 14.9 Å². The number of hydrogen-bond donors (Lipinski definition) is 1. The Hall–Kier alpha value is -3.25. The topological polar surface area (TPSA) is 85.2 Å². The van der Waals surface area contributed by atoms with E-state index in [1.165, 1.54) is 7.11 Å². The lowest BCUT2D eigenvalue weighted by Crippen LogP contribution is -2.40. The molecule has 0 bridgehead atoms. The van der Waals surface area contributed by atoms with Gasteiger partial charge in [0, 0.05) is 41.3 Å². The summed E-state index contributed by atoms with van der Waals surface area (Å²) in [5.74, 6) is -0.166. The molecule has 3 aromatic rings. The van der Waals surface area contributed by atoms with Gasteiger partial charge in [0.15, 0.2) is 5.78 Å². The summed E-state index contributed by atoms with van der Waals surface area (Å²) in [6.45, 7) is 5.59. The highest BCUT2D eigenvalue weighted by Crippen LogP contribution is 2.35. The molecule has 1 heterocycles. The van der Waals surface area contributed by atoms with Crippen LogP contribution in [0.4, 0.5) is 0 Å². The molecule has 1 N–H and O–H groups in total. The predicted octanol–water partition coefficient (Wildman–Crippen LogP) is 5.55. The maximum atomic E-state index is 13.1. The highest BCUT2D eigenvalue weighted by atomic mass is 16.6. The molecule has 32 heavy (non-hydrogen) atoms.